The zero-order valence-corrected chi connectivity index (χ0v) is 5.50. The lowest BCUT2D eigenvalue weighted by molar-refractivity contribution is 0.358. The highest BCUT2D eigenvalue weighted by atomic mass is 16.5. The van der Waals surface area contributed by atoms with Crippen molar-refractivity contribution in [2.45, 2.75) is 0 Å². The van der Waals surface area contributed by atoms with Crippen molar-refractivity contribution in [3.63, 3.8) is 0 Å². The Bertz CT molecular complexity index is 304. The largest absolute Gasteiger partial charge is 0.489 e. The maximum absolute atomic E-state index is 7.53. The Hall–Kier alpha value is -1.24. The minimum atomic E-state index is 0.524. The molecule has 1 nitrogen and oxygen atoms in total. The van der Waals surface area contributed by atoms with Crippen molar-refractivity contribution in [2.24, 2.45) is 0 Å². The van der Waals surface area contributed by atoms with Gasteiger partial charge in [0.15, 0.2) is 0 Å². The van der Waals surface area contributed by atoms with Crippen molar-refractivity contribution in [1.29, 1.82) is 0 Å². The molecule has 0 saturated carbocycles. The van der Waals surface area contributed by atoms with Gasteiger partial charge in [0, 0.05) is 5.56 Å². The van der Waals surface area contributed by atoms with E-state index < -0.39 is 0 Å². The van der Waals surface area contributed by atoms with E-state index in [-0.39, 0.29) is 0 Å². The Balaban J connectivity index is 2.56. The number of ether oxygens (including phenoxy) is 1. The lowest BCUT2D eigenvalue weighted by Crippen LogP contribution is -1.98. The van der Waals surface area contributed by atoms with Crippen molar-refractivity contribution >= 4 is 6.05 Å². The number of hydrogen-bond donors (Lipinski definition) is 0. The number of benzene rings is 1. The molecular formula is C9H8O. The molecule has 1 heterocycles. The van der Waals surface area contributed by atoms with Crippen molar-refractivity contribution < 1.29 is 6.11 Å². The van der Waals surface area contributed by atoms with E-state index in [1.54, 1.807) is 6.08 Å². The van der Waals surface area contributed by atoms with Crippen LogP contribution in [0.15, 0.2) is 30.3 Å². The molecule has 0 radical (unpaired) electrons. The topological polar surface area (TPSA) is 9.23 Å². The van der Waals surface area contributed by atoms with Crippen molar-refractivity contribution in [2.75, 3.05) is 6.61 Å². The molecule has 0 aromatic heterocycles. The fourth-order valence-corrected chi connectivity index (χ4v) is 0.995. The van der Waals surface area contributed by atoms with Gasteiger partial charge < -0.3 is 4.74 Å². The standard InChI is InChI=1S/C9H8O/c1-2-6-9-8(4-1)5-3-7-10-9/h1-6H,7H2/i5D. The fraction of sp³-hybridized carbons (Fsp3) is 0.111. The van der Waals surface area contributed by atoms with Crippen LogP contribution in [0.25, 0.3) is 6.05 Å². The summed E-state index contributed by atoms with van der Waals surface area (Å²) < 4.78 is 12.8. The Morgan fingerprint density at radius 1 is 1.40 bits per heavy atom. The average Bonchev–Trinajstić information content (AvgIpc) is 2.06. The Labute approximate surface area is 61.3 Å². The Morgan fingerprint density at radius 3 is 3.20 bits per heavy atom. The second-order valence-corrected chi connectivity index (χ2v) is 2.16. The van der Waals surface area contributed by atoms with Gasteiger partial charge in [-0.2, -0.15) is 0 Å². The van der Waals surface area contributed by atoms with Gasteiger partial charge in [-0.25, -0.2) is 0 Å². The van der Waals surface area contributed by atoms with Gasteiger partial charge in [-0.3, -0.25) is 0 Å². The third-order valence-electron chi connectivity index (χ3n) is 1.47. The lowest BCUT2D eigenvalue weighted by Gasteiger charge is -2.10. The molecule has 0 amide bonds. The van der Waals surface area contributed by atoms with E-state index >= 15 is 0 Å². The molecule has 2 rings (SSSR count). The van der Waals surface area contributed by atoms with Gasteiger partial charge in [0.25, 0.3) is 0 Å². The van der Waals surface area contributed by atoms with Crippen LogP contribution in [0.1, 0.15) is 6.93 Å². The second-order valence-electron chi connectivity index (χ2n) is 2.16. The third-order valence-corrected chi connectivity index (χ3v) is 1.47. The monoisotopic (exact) mass is 133 g/mol. The van der Waals surface area contributed by atoms with Crippen LogP contribution in [0.5, 0.6) is 5.75 Å². The molecule has 0 fully saturated rings. The maximum Gasteiger partial charge on any atom is 0.126 e. The first-order valence-corrected chi connectivity index (χ1v) is 3.27. The van der Waals surface area contributed by atoms with Crippen LogP contribution < -0.4 is 4.74 Å². The van der Waals surface area contributed by atoms with Crippen LogP contribution in [-0.4, -0.2) is 6.61 Å². The molecule has 0 unspecified atom stereocenters. The first kappa shape index (κ1) is 4.56. The van der Waals surface area contributed by atoms with Gasteiger partial charge in [0.2, 0.25) is 0 Å². The molecule has 1 heteroatoms. The molecule has 0 saturated heterocycles. The predicted molar refractivity (Wildman–Crippen MR) is 41.0 cm³/mol. The smallest absolute Gasteiger partial charge is 0.126 e. The summed E-state index contributed by atoms with van der Waals surface area (Å²) in [5, 5.41) is 0. The summed E-state index contributed by atoms with van der Waals surface area (Å²) in [6.07, 6.45) is 1.77. The van der Waals surface area contributed by atoms with E-state index in [2.05, 4.69) is 0 Å². The zero-order chi connectivity index (χ0) is 7.68. The SMILES string of the molecule is [2H]C1=CCOc2ccccc21. The summed E-state index contributed by atoms with van der Waals surface area (Å²) in [6, 6.07) is 8.17. The first-order chi connectivity index (χ1) is 5.38. The molecule has 0 bridgehead atoms. The third kappa shape index (κ3) is 0.798. The van der Waals surface area contributed by atoms with Crippen LogP contribution in [0.3, 0.4) is 0 Å². The number of hydrogen-bond acceptors (Lipinski definition) is 1. The summed E-state index contributed by atoms with van der Waals surface area (Å²) in [4.78, 5) is 0. The van der Waals surface area contributed by atoms with Gasteiger partial charge in [-0.1, -0.05) is 24.3 Å². The average molecular weight is 133 g/mol. The molecule has 1 aliphatic rings. The maximum atomic E-state index is 7.53. The fourth-order valence-electron chi connectivity index (χ4n) is 0.995. The first-order valence-electron chi connectivity index (χ1n) is 3.77. The van der Waals surface area contributed by atoms with Gasteiger partial charge in [-0.05, 0) is 12.1 Å². The van der Waals surface area contributed by atoms with Gasteiger partial charge in [0.1, 0.15) is 12.4 Å². The van der Waals surface area contributed by atoms with E-state index in [9.17, 15) is 0 Å². The summed E-state index contributed by atoms with van der Waals surface area (Å²) in [6.45, 7) is 0.524. The Morgan fingerprint density at radius 2 is 2.30 bits per heavy atom. The van der Waals surface area contributed by atoms with E-state index in [0.717, 1.165) is 11.3 Å². The van der Waals surface area contributed by atoms with Crippen molar-refractivity contribution in [3.8, 4) is 5.75 Å². The minimum absolute atomic E-state index is 0.524. The molecule has 1 aromatic rings. The van der Waals surface area contributed by atoms with Gasteiger partial charge >= 0.3 is 0 Å². The molecule has 0 N–H and O–H groups in total. The molecule has 1 aliphatic heterocycles. The van der Waals surface area contributed by atoms with E-state index in [4.69, 9.17) is 6.11 Å². The molecule has 50 valence electrons. The Kier molecular flexibility index (Phi) is 0.992. The van der Waals surface area contributed by atoms with E-state index in [1.807, 2.05) is 24.3 Å². The molecular weight excluding hydrogens is 124 g/mol. The highest BCUT2D eigenvalue weighted by molar-refractivity contribution is 5.58. The molecule has 0 spiro atoms. The van der Waals surface area contributed by atoms with Crippen LogP contribution in [0, 0.1) is 0 Å². The van der Waals surface area contributed by atoms with Crippen LogP contribution in [0.4, 0.5) is 0 Å². The molecule has 0 atom stereocenters. The van der Waals surface area contributed by atoms with Crippen molar-refractivity contribution in [1.82, 2.24) is 0 Å². The van der Waals surface area contributed by atoms with Crippen molar-refractivity contribution in [3.05, 3.63) is 35.9 Å². The summed E-state index contributed by atoms with van der Waals surface area (Å²) in [5.74, 6) is 0.819. The van der Waals surface area contributed by atoms with E-state index in [1.165, 1.54) is 0 Å². The zero-order valence-electron chi connectivity index (χ0n) is 6.50. The van der Waals surface area contributed by atoms with Gasteiger partial charge in [-0.15, -0.1) is 0 Å². The minimum Gasteiger partial charge on any atom is -0.489 e. The van der Waals surface area contributed by atoms with Gasteiger partial charge in [0.05, 0.1) is 1.37 Å². The summed E-state index contributed by atoms with van der Waals surface area (Å²) in [5.41, 5.74) is 0.888. The number of rotatable bonds is 0. The molecule has 1 aromatic carbocycles. The van der Waals surface area contributed by atoms with E-state index in [0.29, 0.717) is 12.7 Å². The molecule has 10 heavy (non-hydrogen) atoms. The lowest BCUT2D eigenvalue weighted by atomic mass is 10.1. The highest BCUT2D eigenvalue weighted by Crippen LogP contribution is 2.21. The van der Waals surface area contributed by atoms with Crippen LogP contribution in [-0.2, 0) is 0 Å². The van der Waals surface area contributed by atoms with Crippen LogP contribution >= 0.6 is 0 Å². The second kappa shape index (κ2) is 2.18. The van der Waals surface area contributed by atoms with Crippen LogP contribution in [0.2, 0.25) is 0 Å². The molecule has 0 aliphatic carbocycles. The summed E-state index contributed by atoms with van der Waals surface area (Å²) in [7, 11) is 0. The number of fused-ring (bicyclic) bond motifs is 1. The number of para-hydroxylation sites is 1. The predicted octanol–water partition coefficient (Wildman–Crippen LogP) is 2.09. The quantitative estimate of drug-likeness (QED) is 0.526. The highest BCUT2D eigenvalue weighted by Gasteiger charge is 2.01. The summed E-state index contributed by atoms with van der Waals surface area (Å²) >= 11 is 0. The normalized spacial score (nSPS) is 16.4.